The molecule has 0 aliphatic carbocycles. The molecular formula is C15H16N2O4S. The van der Waals surface area contributed by atoms with E-state index < -0.39 is 0 Å². The number of hydrogen-bond donors (Lipinski definition) is 0. The highest BCUT2D eigenvalue weighted by atomic mass is 32.2. The third-order valence-electron chi connectivity index (χ3n) is 3.36. The first-order valence-electron chi connectivity index (χ1n) is 6.90. The Morgan fingerprint density at radius 2 is 1.82 bits per heavy atom. The molecule has 0 radical (unpaired) electrons. The lowest BCUT2D eigenvalue weighted by Crippen LogP contribution is -2.40. The average Bonchev–Trinajstić information content (AvgIpc) is 3.23. The SMILES string of the molecule is O=C1CSCN1CC(=O)N(Cc1ccco1)Cc1ccco1. The molecule has 2 aromatic heterocycles. The Morgan fingerprint density at radius 1 is 1.18 bits per heavy atom. The third kappa shape index (κ3) is 3.54. The number of carbonyl (C=O) groups is 2. The normalized spacial score (nSPS) is 14.5. The molecule has 1 aliphatic rings. The molecule has 0 saturated carbocycles. The van der Waals surface area contributed by atoms with E-state index in [0.29, 0.717) is 36.2 Å². The maximum absolute atomic E-state index is 12.5. The number of thioether (sulfide) groups is 1. The molecule has 6 nitrogen and oxygen atoms in total. The predicted octanol–water partition coefficient (Wildman–Crippen LogP) is 1.93. The summed E-state index contributed by atoms with van der Waals surface area (Å²) in [7, 11) is 0. The molecular weight excluding hydrogens is 304 g/mol. The minimum atomic E-state index is -0.122. The van der Waals surface area contributed by atoms with Gasteiger partial charge in [-0.3, -0.25) is 9.59 Å². The van der Waals surface area contributed by atoms with Crippen LogP contribution in [0.15, 0.2) is 45.6 Å². The number of carbonyl (C=O) groups excluding carboxylic acids is 2. The van der Waals surface area contributed by atoms with Crippen LogP contribution in [0.5, 0.6) is 0 Å². The fourth-order valence-electron chi connectivity index (χ4n) is 2.22. The Balaban J connectivity index is 1.68. The average molecular weight is 320 g/mol. The standard InChI is InChI=1S/C15H16N2O4S/c18-14(9-17-11-22-10-15(17)19)16(7-12-3-1-5-20-12)8-13-4-2-6-21-13/h1-6H,7-11H2. The monoisotopic (exact) mass is 320 g/mol. The summed E-state index contributed by atoms with van der Waals surface area (Å²) in [6.45, 7) is 0.788. The Hall–Kier alpha value is -2.15. The van der Waals surface area contributed by atoms with Crippen molar-refractivity contribution in [3.05, 3.63) is 48.3 Å². The van der Waals surface area contributed by atoms with Crippen LogP contribution >= 0.6 is 11.8 Å². The summed E-state index contributed by atoms with van der Waals surface area (Å²) in [5.41, 5.74) is 0. The Morgan fingerprint density at radius 3 is 2.27 bits per heavy atom. The Kier molecular flexibility index (Phi) is 4.53. The van der Waals surface area contributed by atoms with E-state index in [0.717, 1.165) is 0 Å². The van der Waals surface area contributed by atoms with Crippen molar-refractivity contribution in [2.24, 2.45) is 0 Å². The van der Waals surface area contributed by atoms with Gasteiger partial charge >= 0.3 is 0 Å². The largest absolute Gasteiger partial charge is 0.467 e. The Labute approximate surface area is 132 Å². The van der Waals surface area contributed by atoms with E-state index in [1.807, 2.05) is 12.1 Å². The van der Waals surface area contributed by atoms with Crippen LogP contribution in [0.2, 0.25) is 0 Å². The molecule has 116 valence electrons. The number of nitrogens with zero attached hydrogens (tertiary/aromatic N) is 2. The first-order chi connectivity index (χ1) is 10.7. The lowest BCUT2D eigenvalue weighted by molar-refractivity contribution is -0.139. The van der Waals surface area contributed by atoms with Crippen molar-refractivity contribution >= 4 is 23.6 Å². The van der Waals surface area contributed by atoms with Crippen LogP contribution in [0.25, 0.3) is 0 Å². The predicted molar refractivity (Wildman–Crippen MR) is 80.7 cm³/mol. The number of amides is 2. The quantitative estimate of drug-likeness (QED) is 0.813. The maximum Gasteiger partial charge on any atom is 0.243 e. The molecule has 2 amide bonds. The first-order valence-corrected chi connectivity index (χ1v) is 8.06. The Bertz CT molecular complexity index is 588. The van der Waals surface area contributed by atoms with E-state index in [4.69, 9.17) is 8.83 Å². The number of furan rings is 2. The second-order valence-corrected chi connectivity index (χ2v) is 5.93. The van der Waals surface area contributed by atoms with Crippen LogP contribution in [0.4, 0.5) is 0 Å². The van der Waals surface area contributed by atoms with E-state index in [-0.39, 0.29) is 18.4 Å². The fraction of sp³-hybridized carbons (Fsp3) is 0.333. The van der Waals surface area contributed by atoms with Gasteiger partial charge in [-0.25, -0.2) is 0 Å². The summed E-state index contributed by atoms with van der Waals surface area (Å²) < 4.78 is 10.6. The van der Waals surface area contributed by atoms with Gasteiger partial charge in [-0.15, -0.1) is 11.8 Å². The van der Waals surface area contributed by atoms with E-state index in [9.17, 15) is 9.59 Å². The summed E-state index contributed by atoms with van der Waals surface area (Å²) in [5, 5.41) is 0. The minimum Gasteiger partial charge on any atom is -0.467 e. The molecule has 1 fully saturated rings. The minimum absolute atomic E-state index is 0.00861. The van der Waals surface area contributed by atoms with Gasteiger partial charge in [0.25, 0.3) is 0 Å². The molecule has 1 aliphatic heterocycles. The molecule has 0 bridgehead atoms. The summed E-state index contributed by atoms with van der Waals surface area (Å²) in [6, 6.07) is 7.20. The summed E-state index contributed by atoms with van der Waals surface area (Å²) in [6.07, 6.45) is 3.15. The zero-order valence-corrected chi connectivity index (χ0v) is 12.8. The highest BCUT2D eigenvalue weighted by molar-refractivity contribution is 8.00. The lowest BCUT2D eigenvalue weighted by Gasteiger charge is -2.23. The molecule has 0 aromatic carbocycles. The van der Waals surface area contributed by atoms with Crippen molar-refractivity contribution in [2.75, 3.05) is 18.2 Å². The van der Waals surface area contributed by atoms with Crippen molar-refractivity contribution < 1.29 is 18.4 Å². The van der Waals surface area contributed by atoms with Crippen LogP contribution in [0.1, 0.15) is 11.5 Å². The molecule has 0 spiro atoms. The molecule has 0 atom stereocenters. The van der Waals surface area contributed by atoms with Gasteiger partial charge in [0.15, 0.2) is 0 Å². The summed E-state index contributed by atoms with van der Waals surface area (Å²) in [4.78, 5) is 27.4. The highest BCUT2D eigenvalue weighted by Crippen LogP contribution is 2.16. The van der Waals surface area contributed by atoms with E-state index in [1.54, 1.807) is 34.5 Å². The smallest absolute Gasteiger partial charge is 0.243 e. The molecule has 2 aromatic rings. The van der Waals surface area contributed by atoms with Crippen molar-refractivity contribution in [3.8, 4) is 0 Å². The lowest BCUT2D eigenvalue weighted by atomic mass is 10.3. The van der Waals surface area contributed by atoms with E-state index in [1.165, 1.54) is 11.8 Å². The molecule has 0 N–H and O–H groups in total. The van der Waals surface area contributed by atoms with Gasteiger partial charge in [-0.1, -0.05) is 0 Å². The third-order valence-corrected chi connectivity index (χ3v) is 4.30. The first kappa shape index (κ1) is 14.8. The number of hydrogen-bond acceptors (Lipinski definition) is 5. The van der Waals surface area contributed by atoms with Gasteiger partial charge in [0, 0.05) is 0 Å². The second kappa shape index (κ2) is 6.74. The van der Waals surface area contributed by atoms with Gasteiger partial charge in [0.2, 0.25) is 11.8 Å². The van der Waals surface area contributed by atoms with Crippen LogP contribution in [-0.4, -0.2) is 39.8 Å². The maximum atomic E-state index is 12.5. The molecule has 7 heteroatoms. The summed E-state index contributed by atoms with van der Waals surface area (Å²) in [5.74, 6) is 2.30. The van der Waals surface area contributed by atoms with E-state index in [2.05, 4.69) is 0 Å². The van der Waals surface area contributed by atoms with Crippen molar-refractivity contribution in [1.29, 1.82) is 0 Å². The van der Waals surface area contributed by atoms with Crippen LogP contribution < -0.4 is 0 Å². The van der Waals surface area contributed by atoms with Crippen LogP contribution in [0.3, 0.4) is 0 Å². The second-order valence-electron chi connectivity index (χ2n) is 4.98. The molecule has 3 rings (SSSR count). The number of rotatable bonds is 6. The van der Waals surface area contributed by atoms with Crippen molar-refractivity contribution in [1.82, 2.24) is 9.80 Å². The molecule has 0 unspecified atom stereocenters. The highest BCUT2D eigenvalue weighted by Gasteiger charge is 2.26. The van der Waals surface area contributed by atoms with E-state index >= 15 is 0 Å². The van der Waals surface area contributed by atoms with Gasteiger partial charge in [-0.05, 0) is 24.3 Å². The van der Waals surface area contributed by atoms with Crippen LogP contribution in [-0.2, 0) is 22.7 Å². The van der Waals surface area contributed by atoms with Gasteiger partial charge in [0.05, 0.1) is 37.2 Å². The molecule has 3 heterocycles. The van der Waals surface area contributed by atoms with Gasteiger partial charge in [0.1, 0.15) is 18.1 Å². The zero-order valence-electron chi connectivity index (χ0n) is 11.9. The van der Waals surface area contributed by atoms with Crippen molar-refractivity contribution in [2.45, 2.75) is 13.1 Å². The van der Waals surface area contributed by atoms with Gasteiger partial charge in [-0.2, -0.15) is 0 Å². The topological polar surface area (TPSA) is 66.9 Å². The molecule has 1 saturated heterocycles. The van der Waals surface area contributed by atoms with Gasteiger partial charge < -0.3 is 18.6 Å². The van der Waals surface area contributed by atoms with Crippen LogP contribution in [0, 0.1) is 0 Å². The fourth-order valence-corrected chi connectivity index (χ4v) is 3.12. The van der Waals surface area contributed by atoms with Crippen molar-refractivity contribution in [3.63, 3.8) is 0 Å². The summed E-state index contributed by atoms with van der Waals surface area (Å²) >= 11 is 1.52. The zero-order chi connectivity index (χ0) is 15.4. The molecule has 22 heavy (non-hydrogen) atoms.